The number of alkyl halides is 2. The standard InChI is InChI=1S/C9H9Br3/c10-6-8(11)5-7-3-1-2-4-9(7)12/h1-4,8H,5-6H2. The highest BCUT2D eigenvalue weighted by molar-refractivity contribution is 9.12. The minimum absolute atomic E-state index is 0.510. The van der Waals surface area contributed by atoms with Crippen LogP contribution in [0.15, 0.2) is 28.7 Å². The van der Waals surface area contributed by atoms with Crippen molar-refractivity contribution in [2.75, 3.05) is 5.33 Å². The smallest absolute Gasteiger partial charge is 0.0283 e. The average molecular weight is 357 g/mol. The van der Waals surface area contributed by atoms with E-state index in [1.54, 1.807) is 0 Å². The molecule has 0 aliphatic heterocycles. The number of hydrogen-bond acceptors (Lipinski definition) is 0. The van der Waals surface area contributed by atoms with E-state index in [1.807, 2.05) is 6.07 Å². The summed E-state index contributed by atoms with van der Waals surface area (Å²) < 4.78 is 1.19. The molecule has 12 heavy (non-hydrogen) atoms. The van der Waals surface area contributed by atoms with Gasteiger partial charge < -0.3 is 0 Å². The second-order valence-electron chi connectivity index (χ2n) is 2.55. The van der Waals surface area contributed by atoms with Crippen LogP contribution in [-0.4, -0.2) is 10.2 Å². The largest absolute Gasteiger partial charge is 0.0916 e. The van der Waals surface area contributed by atoms with E-state index in [4.69, 9.17) is 0 Å². The van der Waals surface area contributed by atoms with E-state index in [0.29, 0.717) is 4.83 Å². The van der Waals surface area contributed by atoms with Crippen LogP contribution < -0.4 is 0 Å². The summed E-state index contributed by atoms with van der Waals surface area (Å²) >= 11 is 10.5. The van der Waals surface area contributed by atoms with E-state index in [-0.39, 0.29) is 0 Å². The summed E-state index contributed by atoms with van der Waals surface area (Å²) in [6, 6.07) is 8.31. The average Bonchev–Trinajstić information content (AvgIpc) is 2.09. The topological polar surface area (TPSA) is 0 Å². The van der Waals surface area contributed by atoms with Crippen molar-refractivity contribution in [2.24, 2.45) is 0 Å². The third kappa shape index (κ3) is 3.19. The molecule has 0 heterocycles. The van der Waals surface area contributed by atoms with Gasteiger partial charge in [-0.15, -0.1) is 0 Å². The fourth-order valence-corrected chi connectivity index (χ4v) is 1.98. The van der Waals surface area contributed by atoms with Crippen LogP contribution in [0.3, 0.4) is 0 Å². The SMILES string of the molecule is BrCC(Br)Cc1ccccc1Br. The van der Waals surface area contributed by atoms with Crippen molar-refractivity contribution >= 4 is 47.8 Å². The Labute approximate surface area is 98.1 Å². The molecule has 0 saturated heterocycles. The van der Waals surface area contributed by atoms with Gasteiger partial charge in [0, 0.05) is 14.6 Å². The molecule has 0 aliphatic rings. The molecule has 1 aromatic carbocycles. The van der Waals surface area contributed by atoms with Crippen LogP contribution >= 0.6 is 47.8 Å². The normalized spacial score (nSPS) is 12.9. The van der Waals surface area contributed by atoms with Gasteiger partial charge in [0.2, 0.25) is 0 Å². The summed E-state index contributed by atoms with van der Waals surface area (Å²) in [7, 11) is 0. The molecular formula is C9H9Br3. The molecule has 0 aliphatic carbocycles. The molecule has 0 spiro atoms. The maximum absolute atomic E-state index is 3.58. The molecule has 0 fully saturated rings. The zero-order valence-electron chi connectivity index (χ0n) is 6.43. The molecule has 1 aromatic rings. The van der Waals surface area contributed by atoms with Gasteiger partial charge in [0.1, 0.15) is 0 Å². The molecule has 66 valence electrons. The van der Waals surface area contributed by atoms with Gasteiger partial charge in [-0.2, -0.15) is 0 Å². The third-order valence-corrected chi connectivity index (χ3v) is 4.64. The maximum Gasteiger partial charge on any atom is 0.0283 e. The van der Waals surface area contributed by atoms with Gasteiger partial charge in [-0.05, 0) is 18.1 Å². The Morgan fingerprint density at radius 2 is 1.92 bits per heavy atom. The van der Waals surface area contributed by atoms with Crippen LogP contribution in [0.4, 0.5) is 0 Å². The summed E-state index contributed by atoms with van der Waals surface area (Å²) in [5.41, 5.74) is 1.35. The quantitative estimate of drug-likeness (QED) is 0.714. The lowest BCUT2D eigenvalue weighted by Crippen LogP contribution is -2.03. The second kappa shape index (κ2) is 5.40. The Balaban J connectivity index is 2.69. The molecule has 0 saturated carbocycles. The molecule has 3 heteroatoms. The van der Waals surface area contributed by atoms with E-state index in [0.717, 1.165) is 11.8 Å². The zero-order chi connectivity index (χ0) is 8.97. The van der Waals surface area contributed by atoms with Crippen molar-refractivity contribution in [3.63, 3.8) is 0 Å². The monoisotopic (exact) mass is 354 g/mol. The Kier molecular flexibility index (Phi) is 4.84. The summed E-state index contributed by atoms with van der Waals surface area (Å²) in [5.74, 6) is 0. The molecule has 1 rings (SSSR count). The molecule has 0 amide bonds. The summed E-state index contributed by atoms with van der Waals surface area (Å²) in [5, 5.41) is 0.980. The maximum atomic E-state index is 3.58. The van der Waals surface area contributed by atoms with Crippen molar-refractivity contribution in [3.8, 4) is 0 Å². The second-order valence-corrected chi connectivity index (χ2v) is 5.34. The van der Waals surface area contributed by atoms with Crippen molar-refractivity contribution in [3.05, 3.63) is 34.3 Å². The molecule has 0 aromatic heterocycles. The van der Waals surface area contributed by atoms with Crippen LogP contribution in [0.25, 0.3) is 0 Å². The van der Waals surface area contributed by atoms with Crippen molar-refractivity contribution in [1.82, 2.24) is 0 Å². The summed E-state index contributed by atoms with van der Waals surface area (Å²) in [6.07, 6.45) is 1.05. The molecule has 1 unspecified atom stereocenters. The van der Waals surface area contributed by atoms with Gasteiger partial charge in [0.05, 0.1) is 0 Å². The first kappa shape index (κ1) is 10.7. The lowest BCUT2D eigenvalue weighted by Gasteiger charge is -2.07. The number of hydrogen-bond donors (Lipinski definition) is 0. The molecule has 0 nitrogen and oxygen atoms in total. The van der Waals surface area contributed by atoms with E-state index < -0.39 is 0 Å². The van der Waals surface area contributed by atoms with Gasteiger partial charge in [-0.3, -0.25) is 0 Å². The Morgan fingerprint density at radius 1 is 1.25 bits per heavy atom. The highest BCUT2D eigenvalue weighted by atomic mass is 79.9. The van der Waals surface area contributed by atoms with Crippen LogP contribution in [0, 0.1) is 0 Å². The molecule has 0 radical (unpaired) electrons. The van der Waals surface area contributed by atoms with Gasteiger partial charge >= 0.3 is 0 Å². The van der Waals surface area contributed by atoms with Crippen molar-refractivity contribution in [2.45, 2.75) is 11.2 Å². The fourth-order valence-electron chi connectivity index (χ4n) is 0.957. The number of halogens is 3. The van der Waals surface area contributed by atoms with Crippen molar-refractivity contribution < 1.29 is 0 Å². The highest BCUT2D eigenvalue weighted by Gasteiger charge is 2.05. The third-order valence-electron chi connectivity index (χ3n) is 1.57. The Morgan fingerprint density at radius 3 is 2.50 bits per heavy atom. The predicted molar refractivity (Wildman–Crippen MR) is 64.4 cm³/mol. The lowest BCUT2D eigenvalue weighted by atomic mass is 10.1. The zero-order valence-corrected chi connectivity index (χ0v) is 11.2. The number of rotatable bonds is 3. The van der Waals surface area contributed by atoms with Crippen LogP contribution in [0.1, 0.15) is 5.56 Å². The van der Waals surface area contributed by atoms with Gasteiger partial charge in [0.15, 0.2) is 0 Å². The van der Waals surface area contributed by atoms with Gasteiger partial charge in [-0.1, -0.05) is 66.0 Å². The minimum Gasteiger partial charge on any atom is -0.0916 e. The van der Waals surface area contributed by atoms with Crippen molar-refractivity contribution in [1.29, 1.82) is 0 Å². The van der Waals surface area contributed by atoms with E-state index in [1.165, 1.54) is 10.0 Å². The Bertz CT molecular complexity index is 247. The van der Waals surface area contributed by atoms with Crippen LogP contribution in [0.5, 0.6) is 0 Å². The first-order chi connectivity index (χ1) is 5.74. The Hall–Kier alpha value is 0.660. The van der Waals surface area contributed by atoms with E-state index in [9.17, 15) is 0 Å². The van der Waals surface area contributed by atoms with Crippen LogP contribution in [-0.2, 0) is 6.42 Å². The first-order valence-corrected chi connectivity index (χ1v) is 6.50. The molecule has 0 bridgehead atoms. The van der Waals surface area contributed by atoms with E-state index in [2.05, 4.69) is 66.0 Å². The first-order valence-electron chi connectivity index (χ1n) is 3.67. The summed E-state index contributed by atoms with van der Waals surface area (Å²) in [4.78, 5) is 0.510. The fraction of sp³-hybridized carbons (Fsp3) is 0.333. The number of benzene rings is 1. The predicted octanol–water partition coefficient (Wildman–Crippen LogP) is 4.15. The summed E-state index contributed by atoms with van der Waals surface area (Å²) in [6.45, 7) is 0. The highest BCUT2D eigenvalue weighted by Crippen LogP contribution is 2.20. The molecule has 1 atom stereocenters. The van der Waals surface area contributed by atoms with Gasteiger partial charge in [0.25, 0.3) is 0 Å². The van der Waals surface area contributed by atoms with Gasteiger partial charge in [-0.25, -0.2) is 0 Å². The van der Waals surface area contributed by atoms with Crippen LogP contribution in [0.2, 0.25) is 0 Å². The molecular weight excluding hydrogens is 348 g/mol. The lowest BCUT2D eigenvalue weighted by molar-refractivity contribution is 0.971. The molecule has 0 N–H and O–H groups in total. The van der Waals surface area contributed by atoms with E-state index >= 15 is 0 Å². The minimum atomic E-state index is 0.510.